The summed E-state index contributed by atoms with van der Waals surface area (Å²) in [5.41, 5.74) is 2.51. The standard InChI is InChI=1S/C13H27N7/c1-6-8-9-20(10(3)7-2)13-16-11(18-14)15-12(17-13)19(4)5/h10H,6-9,14H2,1-5H3,(H,15,16,17,18). The molecule has 20 heavy (non-hydrogen) atoms. The quantitative estimate of drug-likeness (QED) is 0.553. The molecule has 0 spiro atoms. The smallest absolute Gasteiger partial charge is 0.243 e. The zero-order chi connectivity index (χ0) is 15.1. The van der Waals surface area contributed by atoms with Gasteiger partial charge in [0.1, 0.15) is 0 Å². The molecule has 1 aromatic heterocycles. The summed E-state index contributed by atoms with van der Waals surface area (Å²) in [6.07, 6.45) is 3.29. The number of nitrogens with zero attached hydrogens (tertiary/aromatic N) is 5. The summed E-state index contributed by atoms with van der Waals surface area (Å²) in [5, 5.41) is 0. The molecule has 1 aromatic rings. The molecule has 1 atom stereocenters. The predicted molar refractivity (Wildman–Crippen MR) is 84.0 cm³/mol. The first-order chi connectivity index (χ1) is 9.53. The Bertz CT molecular complexity index is 408. The predicted octanol–water partition coefficient (Wildman–Crippen LogP) is 1.63. The molecule has 0 bridgehead atoms. The van der Waals surface area contributed by atoms with Crippen LogP contribution in [0.2, 0.25) is 0 Å². The van der Waals surface area contributed by atoms with Crippen molar-refractivity contribution in [1.82, 2.24) is 15.0 Å². The highest BCUT2D eigenvalue weighted by Gasteiger charge is 2.18. The lowest BCUT2D eigenvalue weighted by molar-refractivity contribution is 0.581. The summed E-state index contributed by atoms with van der Waals surface area (Å²) in [7, 11) is 3.80. The molecule has 0 aromatic carbocycles. The molecule has 0 aliphatic carbocycles. The van der Waals surface area contributed by atoms with Gasteiger partial charge in [-0.1, -0.05) is 20.3 Å². The maximum Gasteiger partial charge on any atom is 0.243 e. The average Bonchev–Trinajstić information content (AvgIpc) is 2.46. The molecule has 0 radical (unpaired) electrons. The third-order valence-corrected chi connectivity index (χ3v) is 3.27. The first-order valence-electron chi connectivity index (χ1n) is 7.20. The van der Waals surface area contributed by atoms with E-state index in [2.05, 4.69) is 46.0 Å². The second-order valence-corrected chi connectivity index (χ2v) is 5.10. The number of hydrazine groups is 1. The fourth-order valence-corrected chi connectivity index (χ4v) is 1.81. The topological polar surface area (TPSA) is 83.2 Å². The fraction of sp³-hybridized carbons (Fsp3) is 0.769. The lowest BCUT2D eigenvalue weighted by Gasteiger charge is -2.29. The minimum atomic E-state index is 0.379. The van der Waals surface area contributed by atoms with Gasteiger partial charge in [-0.2, -0.15) is 15.0 Å². The van der Waals surface area contributed by atoms with Crippen LogP contribution in [-0.4, -0.2) is 41.6 Å². The molecule has 7 heteroatoms. The first kappa shape index (κ1) is 16.4. The number of unbranched alkanes of at least 4 members (excludes halogenated alkanes) is 1. The van der Waals surface area contributed by atoms with Crippen LogP contribution in [0.3, 0.4) is 0 Å². The van der Waals surface area contributed by atoms with Crippen LogP contribution in [-0.2, 0) is 0 Å². The molecule has 0 saturated carbocycles. The van der Waals surface area contributed by atoms with E-state index >= 15 is 0 Å². The SMILES string of the molecule is CCCCN(c1nc(NN)nc(N(C)C)n1)C(C)CC. The molecule has 0 amide bonds. The molecule has 0 fully saturated rings. The van der Waals surface area contributed by atoms with Gasteiger partial charge in [0.2, 0.25) is 17.8 Å². The van der Waals surface area contributed by atoms with Crippen molar-refractivity contribution in [1.29, 1.82) is 0 Å². The van der Waals surface area contributed by atoms with Crippen LogP contribution in [0, 0.1) is 0 Å². The lowest BCUT2D eigenvalue weighted by Crippen LogP contribution is -2.35. The van der Waals surface area contributed by atoms with Gasteiger partial charge in [-0.3, -0.25) is 5.43 Å². The summed E-state index contributed by atoms with van der Waals surface area (Å²) < 4.78 is 0. The van der Waals surface area contributed by atoms with Crippen LogP contribution in [0.5, 0.6) is 0 Å². The van der Waals surface area contributed by atoms with Crippen LogP contribution in [0.25, 0.3) is 0 Å². The molecule has 114 valence electrons. The Hall–Kier alpha value is -1.63. The monoisotopic (exact) mass is 281 g/mol. The molecule has 0 aliphatic heterocycles. The third-order valence-electron chi connectivity index (χ3n) is 3.27. The van der Waals surface area contributed by atoms with Crippen molar-refractivity contribution in [2.24, 2.45) is 5.84 Å². The number of nitrogen functional groups attached to an aromatic ring is 1. The second-order valence-electron chi connectivity index (χ2n) is 5.10. The van der Waals surface area contributed by atoms with Crippen LogP contribution < -0.4 is 21.1 Å². The number of rotatable bonds is 8. The average molecular weight is 281 g/mol. The molecule has 0 saturated heterocycles. The number of hydrogen-bond acceptors (Lipinski definition) is 7. The van der Waals surface area contributed by atoms with Gasteiger partial charge >= 0.3 is 0 Å². The van der Waals surface area contributed by atoms with E-state index in [1.54, 1.807) is 0 Å². The molecule has 0 aliphatic rings. The summed E-state index contributed by atoms with van der Waals surface area (Å²) in [5.74, 6) is 7.13. The zero-order valence-corrected chi connectivity index (χ0v) is 13.2. The van der Waals surface area contributed by atoms with E-state index in [9.17, 15) is 0 Å². The van der Waals surface area contributed by atoms with Crippen molar-refractivity contribution in [3.05, 3.63) is 0 Å². The van der Waals surface area contributed by atoms with E-state index in [0.717, 1.165) is 25.8 Å². The Morgan fingerprint density at radius 3 is 2.30 bits per heavy atom. The zero-order valence-electron chi connectivity index (χ0n) is 13.2. The largest absolute Gasteiger partial charge is 0.347 e. The molecular formula is C13H27N7. The fourth-order valence-electron chi connectivity index (χ4n) is 1.81. The summed E-state index contributed by atoms with van der Waals surface area (Å²) >= 11 is 0. The van der Waals surface area contributed by atoms with Crippen LogP contribution in [0.4, 0.5) is 17.8 Å². The van der Waals surface area contributed by atoms with Gasteiger partial charge in [0.15, 0.2) is 0 Å². The summed E-state index contributed by atoms with van der Waals surface area (Å²) in [6.45, 7) is 7.47. The van der Waals surface area contributed by atoms with E-state index in [-0.39, 0.29) is 0 Å². The Morgan fingerprint density at radius 1 is 1.15 bits per heavy atom. The number of nitrogens with two attached hydrogens (primary N) is 1. The van der Waals surface area contributed by atoms with Crippen molar-refractivity contribution in [2.75, 3.05) is 35.9 Å². The van der Waals surface area contributed by atoms with Crippen molar-refractivity contribution in [3.8, 4) is 0 Å². The van der Waals surface area contributed by atoms with Crippen molar-refractivity contribution >= 4 is 17.8 Å². The highest BCUT2D eigenvalue weighted by molar-refractivity contribution is 5.44. The van der Waals surface area contributed by atoms with Crippen LogP contribution in [0.1, 0.15) is 40.0 Å². The van der Waals surface area contributed by atoms with Gasteiger partial charge in [-0.05, 0) is 19.8 Å². The van der Waals surface area contributed by atoms with E-state index in [0.29, 0.717) is 23.9 Å². The molecular weight excluding hydrogens is 254 g/mol. The lowest BCUT2D eigenvalue weighted by atomic mass is 10.2. The summed E-state index contributed by atoms with van der Waals surface area (Å²) in [6, 6.07) is 0.379. The van der Waals surface area contributed by atoms with Crippen molar-refractivity contribution < 1.29 is 0 Å². The number of hydrogen-bond donors (Lipinski definition) is 2. The highest BCUT2D eigenvalue weighted by atomic mass is 15.4. The van der Waals surface area contributed by atoms with E-state index in [1.807, 2.05) is 19.0 Å². The second kappa shape index (κ2) is 7.84. The van der Waals surface area contributed by atoms with Gasteiger partial charge in [0.05, 0.1) is 0 Å². The third kappa shape index (κ3) is 4.19. The number of nitrogens with one attached hydrogen (secondary N) is 1. The maximum absolute atomic E-state index is 5.46. The van der Waals surface area contributed by atoms with Crippen molar-refractivity contribution in [2.45, 2.75) is 46.1 Å². The number of aromatic nitrogens is 3. The van der Waals surface area contributed by atoms with Crippen LogP contribution >= 0.6 is 0 Å². The normalized spacial score (nSPS) is 12.1. The Balaban J connectivity index is 3.13. The Kier molecular flexibility index (Phi) is 6.44. The Morgan fingerprint density at radius 2 is 1.80 bits per heavy atom. The minimum Gasteiger partial charge on any atom is -0.347 e. The Labute approximate surface area is 121 Å². The molecule has 1 rings (SSSR count). The van der Waals surface area contributed by atoms with E-state index in [4.69, 9.17) is 5.84 Å². The van der Waals surface area contributed by atoms with E-state index < -0.39 is 0 Å². The molecule has 7 nitrogen and oxygen atoms in total. The maximum atomic E-state index is 5.46. The number of anilines is 3. The molecule has 3 N–H and O–H groups in total. The minimum absolute atomic E-state index is 0.379. The first-order valence-corrected chi connectivity index (χ1v) is 7.20. The molecule has 1 heterocycles. The summed E-state index contributed by atoms with van der Waals surface area (Å²) in [4.78, 5) is 17.2. The van der Waals surface area contributed by atoms with E-state index in [1.165, 1.54) is 0 Å². The highest BCUT2D eigenvalue weighted by Crippen LogP contribution is 2.18. The van der Waals surface area contributed by atoms with Gasteiger partial charge in [-0.15, -0.1) is 0 Å². The van der Waals surface area contributed by atoms with Gasteiger partial charge in [0, 0.05) is 26.7 Å². The van der Waals surface area contributed by atoms with Gasteiger partial charge < -0.3 is 9.80 Å². The molecule has 1 unspecified atom stereocenters. The van der Waals surface area contributed by atoms with Crippen molar-refractivity contribution in [3.63, 3.8) is 0 Å². The van der Waals surface area contributed by atoms with Gasteiger partial charge in [-0.25, -0.2) is 5.84 Å². The van der Waals surface area contributed by atoms with Crippen LogP contribution in [0.15, 0.2) is 0 Å². The van der Waals surface area contributed by atoms with Gasteiger partial charge in [0.25, 0.3) is 0 Å².